The second-order valence-corrected chi connectivity index (χ2v) is 6.78. The topological polar surface area (TPSA) is 79.9 Å². The van der Waals surface area contributed by atoms with E-state index < -0.39 is 6.04 Å². The quantitative estimate of drug-likeness (QED) is 0.791. The van der Waals surface area contributed by atoms with Crippen LogP contribution >= 0.6 is 11.6 Å². The van der Waals surface area contributed by atoms with Gasteiger partial charge in [0.15, 0.2) is 0 Å². The largest absolute Gasteiger partial charge is 0.497 e. The highest BCUT2D eigenvalue weighted by molar-refractivity contribution is 6.31. The summed E-state index contributed by atoms with van der Waals surface area (Å²) < 4.78 is 10.4. The van der Waals surface area contributed by atoms with Crippen molar-refractivity contribution in [3.63, 3.8) is 0 Å². The maximum absolute atomic E-state index is 12.8. The van der Waals surface area contributed by atoms with Crippen molar-refractivity contribution in [3.8, 4) is 11.5 Å². The minimum Gasteiger partial charge on any atom is -0.497 e. The highest BCUT2D eigenvalue weighted by Crippen LogP contribution is 2.29. The molecule has 3 amide bonds. The van der Waals surface area contributed by atoms with Crippen LogP contribution in [0.1, 0.15) is 12.8 Å². The SMILES string of the molecule is COc1cccc(NC(=O)N2CCC[C@H]2C(=O)Nc2cc(Cl)ccc2OC)c1. The summed E-state index contributed by atoms with van der Waals surface area (Å²) in [5.74, 6) is 0.864. The number of benzene rings is 2. The standard InChI is InChI=1S/C20H22ClN3O4/c1-27-15-6-3-5-14(12-15)22-20(26)24-10-4-7-17(24)19(25)23-16-11-13(21)8-9-18(16)28-2/h3,5-6,8-9,11-12,17H,4,7,10H2,1-2H3,(H,22,26)(H,23,25)/t17-/m0/s1. The Bertz CT molecular complexity index is 874. The summed E-state index contributed by atoms with van der Waals surface area (Å²) in [5.41, 5.74) is 1.08. The van der Waals surface area contributed by atoms with Gasteiger partial charge in [-0.25, -0.2) is 4.79 Å². The summed E-state index contributed by atoms with van der Waals surface area (Å²) in [6, 6.07) is 11.1. The first kappa shape index (κ1) is 19.8. The van der Waals surface area contributed by atoms with Gasteiger partial charge in [0, 0.05) is 23.3 Å². The number of halogens is 1. The van der Waals surface area contributed by atoms with Crippen molar-refractivity contribution in [2.45, 2.75) is 18.9 Å². The number of nitrogens with zero attached hydrogens (tertiary/aromatic N) is 1. The molecule has 1 aliphatic rings. The molecule has 0 spiro atoms. The first-order valence-electron chi connectivity index (χ1n) is 8.88. The zero-order chi connectivity index (χ0) is 20.1. The molecular formula is C20H22ClN3O4. The molecule has 0 aromatic heterocycles. The van der Waals surface area contributed by atoms with Gasteiger partial charge in [-0.05, 0) is 43.2 Å². The lowest BCUT2D eigenvalue weighted by atomic mass is 10.2. The van der Waals surface area contributed by atoms with Crippen LogP contribution in [0.2, 0.25) is 5.02 Å². The van der Waals surface area contributed by atoms with Crippen LogP contribution in [0.4, 0.5) is 16.2 Å². The zero-order valence-electron chi connectivity index (χ0n) is 15.7. The number of urea groups is 1. The third-order valence-corrected chi connectivity index (χ3v) is 4.79. The molecule has 1 atom stereocenters. The van der Waals surface area contributed by atoms with Crippen LogP contribution in [0.3, 0.4) is 0 Å². The van der Waals surface area contributed by atoms with Crippen molar-refractivity contribution >= 4 is 34.9 Å². The zero-order valence-corrected chi connectivity index (χ0v) is 16.5. The summed E-state index contributed by atoms with van der Waals surface area (Å²) in [5, 5.41) is 6.12. The van der Waals surface area contributed by atoms with Crippen LogP contribution in [0.5, 0.6) is 11.5 Å². The molecule has 7 nitrogen and oxygen atoms in total. The van der Waals surface area contributed by atoms with Gasteiger partial charge in [-0.15, -0.1) is 0 Å². The number of methoxy groups -OCH3 is 2. The van der Waals surface area contributed by atoms with Crippen LogP contribution in [0.15, 0.2) is 42.5 Å². The lowest BCUT2D eigenvalue weighted by Crippen LogP contribution is -2.45. The highest BCUT2D eigenvalue weighted by atomic mass is 35.5. The van der Waals surface area contributed by atoms with E-state index in [2.05, 4.69) is 10.6 Å². The third-order valence-electron chi connectivity index (χ3n) is 4.56. The molecule has 3 rings (SSSR count). The van der Waals surface area contributed by atoms with E-state index in [1.807, 2.05) is 0 Å². The van der Waals surface area contributed by atoms with Gasteiger partial charge < -0.3 is 25.0 Å². The van der Waals surface area contributed by atoms with E-state index in [-0.39, 0.29) is 11.9 Å². The Balaban J connectivity index is 1.70. The second kappa shape index (κ2) is 8.84. The fourth-order valence-electron chi connectivity index (χ4n) is 3.17. The van der Waals surface area contributed by atoms with Crippen LogP contribution in [0, 0.1) is 0 Å². The number of rotatable bonds is 5. The first-order chi connectivity index (χ1) is 13.5. The Morgan fingerprint density at radius 1 is 1.11 bits per heavy atom. The lowest BCUT2D eigenvalue weighted by Gasteiger charge is -2.24. The summed E-state index contributed by atoms with van der Waals surface area (Å²) in [6.45, 7) is 0.501. The van der Waals surface area contributed by atoms with E-state index in [1.54, 1.807) is 49.6 Å². The highest BCUT2D eigenvalue weighted by Gasteiger charge is 2.34. The maximum atomic E-state index is 12.8. The molecule has 1 fully saturated rings. The van der Waals surface area contributed by atoms with Crippen LogP contribution < -0.4 is 20.1 Å². The predicted octanol–water partition coefficient (Wildman–Crippen LogP) is 3.99. The third kappa shape index (κ3) is 4.48. The predicted molar refractivity (Wildman–Crippen MR) is 108 cm³/mol. The normalized spacial score (nSPS) is 15.8. The second-order valence-electron chi connectivity index (χ2n) is 6.35. The van der Waals surface area contributed by atoms with Crippen molar-refractivity contribution in [3.05, 3.63) is 47.5 Å². The molecule has 1 heterocycles. The molecule has 1 aliphatic heterocycles. The number of ether oxygens (including phenoxy) is 2. The summed E-state index contributed by atoms with van der Waals surface area (Å²) in [6.07, 6.45) is 1.33. The van der Waals surface area contributed by atoms with Gasteiger partial charge in [0.05, 0.1) is 19.9 Å². The molecule has 148 valence electrons. The fraction of sp³-hybridized carbons (Fsp3) is 0.300. The average molecular weight is 404 g/mol. The Morgan fingerprint density at radius 3 is 2.68 bits per heavy atom. The number of carbonyl (C=O) groups excluding carboxylic acids is 2. The molecular weight excluding hydrogens is 382 g/mol. The van der Waals surface area contributed by atoms with Crippen LogP contribution in [-0.4, -0.2) is 43.6 Å². The van der Waals surface area contributed by atoms with Crippen molar-refractivity contribution in [2.24, 2.45) is 0 Å². The molecule has 2 aromatic carbocycles. The van der Waals surface area contributed by atoms with Gasteiger partial charge in [-0.2, -0.15) is 0 Å². The lowest BCUT2D eigenvalue weighted by molar-refractivity contribution is -0.119. The molecule has 2 N–H and O–H groups in total. The Hall–Kier alpha value is -2.93. The summed E-state index contributed by atoms with van der Waals surface area (Å²) in [7, 11) is 3.08. The van der Waals surface area contributed by atoms with Gasteiger partial charge in [0.2, 0.25) is 5.91 Å². The minimum absolute atomic E-state index is 0.279. The number of nitrogens with one attached hydrogen (secondary N) is 2. The van der Waals surface area contributed by atoms with Gasteiger partial charge >= 0.3 is 6.03 Å². The Kier molecular flexibility index (Phi) is 6.26. The molecule has 0 saturated carbocycles. The average Bonchev–Trinajstić information content (AvgIpc) is 3.18. The number of likely N-dealkylation sites (tertiary alicyclic amines) is 1. The number of hydrogen-bond donors (Lipinski definition) is 2. The number of carbonyl (C=O) groups is 2. The van der Waals surface area contributed by atoms with E-state index in [4.69, 9.17) is 21.1 Å². The van der Waals surface area contributed by atoms with Crippen molar-refractivity contribution in [1.29, 1.82) is 0 Å². The van der Waals surface area contributed by atoms with Crippen molar-refractivity contribution in [1.82, 2.24) is 4.90 Å². The van der Waals surface area contributed by atoms with Crippen LogP contribution in [0.25, 0.3) is 0 Å². The smallest absolute Gasteiger partial charge is 0.322 e. The number of hydrogen-bond acceptors (Lipinski definition) is 4. The Morgan fingerprint density at radius 2 is 1.93 bits per heavy atom. The van der Waals surface area contributed by atoms with Crippen molar-refractivity contribution in [2.75, 3.05) is 31.4 Å². The maximum Gasteiger partial charge on any atom is 0.322 e. The monoisotopic (exact) mass is 403 g/mol. The van der Waals surface area contributed by atoms with E-state index in [1.165, 1.54) is 12.0 Å². The van der Waals surface area contributed by atoms with E-state index in [0.717, 1.165) is 6.42 Å². The van der Waals surface area contributed by atoms with Crippen molar-refractivity contribution < 1.29 is 19.1 Å². The van der Waals surface area contributed by atoms with Gasteiger partial charge in [0.1, 0.15) is 17.5 Å². The molecule has 0 unspecified atom stereocenters. The van der Waals surface area contributed by atoms with E-state index in [9.17, 15) is 9.59 Å². The summed E-state index contributed by atoms with van der Waals surface area (Å²) in [4.78, 5) is 27.1. The fourth-order valence-corrected chi connectivity index (χ4v) is 3.34. The first-order valence-corrected chi connectivity index (χ1v) is 9.25. The number of anilines is 2. The van der Waals surface area contributed by atoms with E-state index >= 15 is 0 Å². The molecule has 0 aliphatic carbocycles. The molecule has 28 heavy (non-hydrogen) atoms. The Labute approximate surface area is 168 Å². The van der Waals surface area contributed by atoms with Gasteiger partial charge in [0.25, 0.3) is 0 Å². The minimum atomic E-state index is -0.575. The number of amides is 3. The van der Waals surface area contributed by atoms with Crippen LogP contribution in [-0.2, 0) is 4.79 Å². The molecule has 0 radical (unpaired) electrons. The molecule has 8 heteroatoms. The van der Waals surface area contributed by atoms with Gasteiger partial charge in [-0.1, -0.05) is 17.7 Å². The molecule has 0 bridgehead atoms. The molecule has 1 saturated heterocycles. The summed E-state index contributed by atoms with van der Waals surface area (Å²) >= 11 is 6.02. The molecule has 2 aromatic rings. The van der Waals surface area contributed by atoms with Gasteiger partial charge in [-0.3, -0.25) is 4.79 Å². The van der Waals surface area contributed by atoms with E-state index in [0.29, 0.717) is 40.9 Å².